The van der Waals surface area contributed by atoms with Crippen LogP contribution in [-0.4, -0.2) is 4.92 Å². The Morgan fingerprint density at radius 3 is 2.75 bits per heavy atom. The minimum Gasteiger partial charge on any atom is -0.457 e. The Labute approximate surface area is 114 Å². The molecule has 0 heterocycles. The summed E-state index contributed by atoms with van der Waals surface area (Å²) in [6.45, 7) is 1.76. The molecule has 0 atom stereocenters. The summed E-state index contributed by atoms with van der Waals surface area (Å²) in [5.74, 6) is 0.104. The molecule has 0 aromatic heterocycles. The molecule has 0 amide bonds. The number of nitro groups is 1. The van der Waals surface area contributed by atoms with Crippen molar-refractivity contribution in [1.82, 2.24) is 0 Å². The fourth-order valence-corrected chi connectivity index (χ4v) is 1.84. The third kappa shape index (κ3) is 2.92. The molecule has 0 fully saturated rings. The summed E-state index contributed by atoms with van der Waals surface area (Å²) in [6.07, 6.45) is 0. The number of nitrogens with two attached hydrogens (primary N) is 1. The van der Waals surface area contributed by atoms with Crippen LogP contribution in [0.1, 0.15) is 11.1 Å². The Balaban J connectivity index is 2.37. The standard InChI is InChI=1S/C14H13FN2O3/c1-9-13(17(18)19)3-2-4-14(9)20-12-6-10(8-16)5-11(15)7-12/h2-7H,8,16H2,1H3. The van der Waals surface area contributed by atoms with E-state index in [2.05, 4.69) is 0 Å². The normalized spacial score (nSPS) is 10.3. The van der Waals surface area contributed by atoms with Crippen LogP contribution in [0.25, 0.3) is 0 Å². The maximum atomic E-state index is 13.4. The molecule has 5 nitrogen and oxygen atoms in total. The first kappa shape index (κ1) is 14.0. The summed E-state index contributed by atoms with van der Waals surface area (Å²) in [5.41, 5.74) is 6.39. The SMILES string of the molecule is Cc1c(Oc2cc(F)cc(CN)c2)cccc1[N+](=O)[O-]. The third-order valence-electron chi connectivity index (χ3n) is 2.85. The minimum atomic E-state index is -0.487. The van der Waals surface area contributed by atoms with Gasteiger partial charge >= 0.3 is 0 Å². The first-order chi connectivity index (χ1) is 9.51. The zero-order valence-corrected chi connectivity index (χ0v) is 10.8. The first-order valence-corrected chi connectivity index (χ1v) is 5.92. The van der Waals surface area contributed by atoms with Crippen LogP contribution in [-0.2, 0) is 6.54 Å². The van der Waals surface area contributed by atoms with Gasteiger partial charge in [-0.25, -0.2) is 4.39 Å². The molecule has 0 aliphatic carbocycles. The van der Waals surface area contributed by atoms with Crippen molar-refractivity contribution in [3.63, 3.8) is 0 Å². The summed E-state index contributed by atoms with van der Waals surface area (Å²) in [6, 6.07) is 8.62. The smallest absolute Gasteiger partial charge is 0.276 e. The van der Waals surface area contributed by atoms with E-state index in [0.29, 0.717) is 16.9 Å². The van der Waals surface area contributed by atoms with Crippen molar-refractivity contribution in [3.8, 4) is 11.5 Å². The molecule has 0 aliphatic rings. The van der Waals surface area contributed by atoms with Gasteiger partial charge in [-0.2, -0.15) is 0 Å². The van der Waals surface area contributed by atoms with E-state index < -0.39 is 10.7 Å². The second-order valence-electron chi connectivity index (χ2n) is 4.26. The summed E-state index contributed by atoms with van der Waals surface area (Å²) in [7, 11) is 0. The molecule has 0 aliphatic heterocycles. The second-order valence-corrected chi connectivity index (χ2v) is 4.26. The molecule has 0 spiro atoms. The molecule has 0 bridgehead atoms. The predicted molar refractivity (Wildman–Crippen MR) is 72.2 cm³/mol. The number of benzene rings is 2. The topological polar surface area (TPSA) is 78.4 Å². The molecule has 2 N–H and O–H groups in total. The summed E-state index contributed by atoms with van der Waals surface area (Å²) in [4.78, 5) is 10.4. The van der Waals surface area contributed by atoms with Crippen LogP contribution in [0, 0.1) is 22.9 Å². The highest BCUT2D eigenvalue weighted by molar-refractivity contribution is 5.50. The third-order valence-corrected chi connectivity index (χ3v) is 2.85. The number of hydrogen-bond acceptors (Lipinski definition) is 4. The van der Waals surface area contributed by atoms with E-state index in [1.165, 1.54) is 24.3 Å². The number of halogens is 1. The Hall–Kier alpha value is -2.47. The van der Waals surface area contributed by atoms with Crippen molar-refractivity contribution in [2.75, 3.05) is 0 Å². The predicted octanol–water partition coefficient (Wildman–Crippen LogP) is 3.29. The molecule has 6 heteroatoms. The van der Waals surface area contributed by atoms with Crippen molar-refractivity contribution < 1.29 is 14.1 Å². The number of ether oxygens (including phenoxy) is 1. The number of nitro benzene ring substituents is 1. The van der Waals surface area contributed by atoms with E-state index in [1.807, 2.05) is 0 Å². The molecule has 2 aromatic carbocycles. The molecular weight excluding hydrogens is 263 g/mol. The molecule has 0 saturated carbocycles. The van der Waals surface area contributed by atoms with Gasteiger partial charge in [0.25, 0.3) is 5.69 Å². The fraction of sp³-hybridized carbons (Fsp3) is 0.143. The highest BCUT2D eigenvalue weighted by Crippen LogP contribution is 2.31. The number of rotatable bonds is 4. The molecule has 0 saturated heterocycles. The number of hydrogen-bond donors (Lipinski definition) is 1. The highest BCUT2D eigenvalue weighted by Gasteiger charge is 2.15. The zero-order valence-electron chi connectivity index (χ0n) is 10.8. The van der Waals surface area contributed by atoms with Gasteiger partial charge in [-0.1, -0.05) is 6.07 Å². The van der Waals surface area contributed by atoms with Gasteiger partial charge < -0.3 is 10.5 Å². The van der Waals surface area contributed by atoms with E-state index in [-0.39, 0.29) is 18.0 Å². The minimum absolute atomic E-state index is 0.0436. The van der Waals surface area contributed by atoms with E-state index in [0.717, 1.165) is 0 Å². The van der Waals surface area contributed by atoms with Gasteiger partial charge in [-0.3, -0.25) is 10.1 Å². The van der Waals surface area contributed by atoms with Crippen LogP contribution >= 0.6 is 0 Å². The van der Waals surface area contributed by atoms with Crippen molar-refractivity contribution in [2.45, 2.75) is 13.5 Å². The molecule has 0 radical (unpaired) electrons. The fourth-order valence-electron chi connectivity index (χ4n) is 1.84. The van der Waals surface area contributed by atoms with E-state index in [4.69, 9.17) is 10.5 Å². The lowest BCUT2D eigenvalue weighted by Crippen LogP contribution is -1.98. The van der Waals surface area contributed by atoms with Gasteiger partial charge in [0.05, 0.1) is 10.5 Å². The van der Waals surface area contributed by atoms with Gasteiger partial charge in [0.1, 0.15) is 17.3 Å². The largest absolute Gasteiger partial charge is 0.457 e. The van der Waals surface area contributed by atoms with E-state index >= 15 is 0 Å². The van der Waals surface area contributed by atoms with E-state index in [9.17, 15) is 14.5 Å². The molecular formula is C14H13FN2O3. The van der Waals surface area contributed by atoms with Crippen molar-refractivity contribution >= 4 is 5.69 Å². The molecule has 0 unspecified atom stereocenters. The Kier molecular flexibility index (Phi) is 3.95. The van der Waals surface area contributed by atoms with Crippen LogP contribution in [0.4, 0.5) is 10.1 Å². The summed E-state index contributed by atoms with van der Waals surface area (Å²) in [5, 5.41) is 10.9. The monoisotopic (exact) mass is 276 g/mol. The van der Waals surface area contributed by atoms with Crippen LogP contribution in [0.15, 0.2) is 36.4 Å². The first-order valence-electron chi connectivity index (χ1n) is 5.92. The lowest BCUT2D eigenvalue weighted by Gasteiger charge is -2.10. The van der Waals surface area contributed by atoms with Crippen LogP contribution in [0.3, 0.4) is 0 Å². The maximum absolute atomic E-state index is 13.4. The van der Waals surface area contributed by atoms with Gasteiger partial charge in [0, 0.05) is 18.7 Å². The van der Waals surface area contributed by atoms with Crippen molar-refractivity contribution in [2.24, 2.45) is 5.73 Å². The average Bonchev–Trinajstić information content (AvgIpc) is 2.40. The Bertz CT molecular complexity index is 659. The van der Waals surface area contributed by atoms with Gasteiger partial charge in [0.15, 0.2) is 0 Å². The summed E-state index contributed by atoms with van der Waals surface area (Å²) >= 11 is 0. The zero-order chi connectivity index (χ0) is 14.7. The van der Waals surface area contributed by atoms with Gasteiger partial charge in [0.2, 0.25) is 0 Å². The highest BCUT2D eigenvalue weighted by atomic mass is 19.1. The van der Waals surface area contributed by atoms with Crippen molar-refractivity contribution in [1.29, 1.82) is 0 Å². The van der Waals surface area contributed by atoms with E-state index in [1.54, 1.807) is 19.1 Å². The van der Waals surface area contributed by atoms with Crippen molar-refractivity contribution in [3.05, 3.63) is 63.5 Å². The number of nitrogens with zero attached hydrogens (tertiary/aromatic N) is 1. The lowest BCUT2D eigenvalue weighted by atomic mass is 10.1. The van der Waals surface area contributed by atoms with Crippen LogP contribution < -0.4 is 10.5 Å². The average molecular weight is 276 g/mol. The lowest BCUT2D eigenvalue weighted by molar-refractivity contribution is -0.385. The van der Waals surface area contributed by atoms with Crippen LogP contribution in [0.2, 0.25) is 0 Å². The Morgan fingerprint density at radius 2 is 2.10 bits per heavy atom. The summed E-state index contributed by atoms with van der Waals surface area (Å²) < 4.78 is 18.9. The molecule has 2 aromatic rings. The molecule has 20 heavy (non-hydrogen) atoms. The van der Waals surface area contributed by atoms with Gasteiger partial charge in [-0.05, 0) is 30.7 Å². The Morgan fingerprint density at radius 1 is 1.35 bits per heavy atom. The maximum Gasteiger partial charge on any atom is 0.276 e. The second kappa shape index (κ2) is 5.66. The molecule has 104 valence electrons. The quantitative estimate of drug-likeness (QED) is 0.686. The molecule has 2 rings (SSSR count). The van der Waals surface area contributed by atoms with Gasteiger partial charge in [-0.15, -0.1) is 0 Å². The van der Waals surface area contributed by atoms with Crippen LogP contribution in [0.5, 0.6) is 11.5 Å².